The summed E-state index contributed by atoms with van der Waals surface area (Å²) in [4.78, 5) is 10.6. The molecule has 0 spiro atoms. The maximum absolute atomic E-state index is 13.3. The summed E-state index contributed by atoms with van der Waals surface area (Å²) in [6.07, 6.45) is 0. The van der Waals surface area contributed by atoms with Crippen molar-refractivity contribution in [2.45, 2.75) is 12.7 Å². The Hall–Kier alpha value is -3.20. The van der Waals surface area contributed by atoms with Crippen LogP contribution in [-0.2, 0) is 15.8 Å². The van der Waals surface area contributed by atoms with Crippen LogP contribution >= 0.6 is 0 Å². The van der Waals surface area contributed by atoms with Crippen molar-refractivity contribution in [3.8, 4) is 0 Å². The standard InChI is InChI=1S/C20H22FN5O2S/c1-14-22-19(12-20(23-14)26(2)3)24-17-7-9-18(10-8-17)25-29(27,28)13-15-5-4-6-16(21)11-15/h4-12,25H,13H2,1-3H3,(H,22,23,24). The normalized spacial score (nSPS) is 11.2. The number of hydrogen-bond acceptors (Lipinski definition) is 6. The first kappa shape index (κ1) is 20.5. The Bertz CT molecular complexity index is 1100. The van der Waals surface area contributed by atoms with Crippen LogP contribution in [0.1, 0.15) is 11.4 Å². The second-order valence-corrected chi connectivity index (χ2v) is 8.47. The van der Waals surface area contributed by atoms with Gasteiger partial charge in [0.1, 0.15) is 23.3 Å². The van der Waals surface area contributed by atoms with Crippen LogP contribution in [0.15, 0.2) is 54.6 Å². The molecule has 0 bridgehead atoms. The molecule has 0 aliphatic heterocycles. The highest BCUT2D eigenvalue weighted by molar-refractivity contribution is 7.91. The zero-order valence-electron chi connectivity index (χ0n) is 16.3. The van der Waals surface area contributed by atoms with Gasteiger partial charge in [0.05, 0.1) is 5.75 Å². The fourth-order valence-corrected chi connectivity index (χ4v) is 3.86. The number of halogens is 1. The summed E-state index contributed by atoms with van der Waals surface area (Å²) in [5, 5.41) is 3.18. The first-order valence-corrected chi connectivity index (χ1v) is 10.5. The second kappa shape index (κ2) is 8.44. The molecule has 3 aromatic rings. The maximum Gasteiger partial charge on any atom is 0.236 e. The number of aryl methyl sites for hydroxylation is 1. The lowest BCUT2D eigenvalue weighted by Gasteiger charge is -2.14. The molecule has 0 amide bonds. The topological polar surface area (TPSA) is 87.2 Å². The summed E-state index contributed by atoms with van der Waals surface area (Å²) in [6.45, 7) is 1.81. The monoisotopic (exact) mass is 415 g/mol. The van der Waals surface area contributed by atoms with Crippen molar-refractivity contribution in [3.05, 3.63) is 71.8 Å². The van der Waals surface area contributed by atoms with Gasteiger partial charge in [-0.05, 0) is 48.9 Å². The van der Waals surface area contributed by atoms with Crippen LogP contribution in [0.25, 0.3) is 0 Å². The minimum atomic E-state index is -3.66. The SMILES string of the molecule is Cc1nc(Nc2ccc(NS(=O)(=O)Cc3cccc(F)c3)cc2)cc(N(C)C)n1. The summed E-state index contributed by atoms with van der Waals surface area (Å²) in [5.41, 5.74) is 1.55. The van der Waals surface area contributed by atoms with Gasteiger partial charge >= 0.3 is 0 Å². The van der Waals surface area contributed by atoms with Crippen molar-refractivity contribution in [2.75, 3.05) is 29.0 Å². The van der Waals surface area contributed by atoms with Crippen molar-refractivity contribution < 1.29 is 12.8 Å². The fourth-order valence-electron chi connectivity index (χ4n) is 2.68. The van der Waals surface area contributed by atoms with Gasteiger partial charge in [-0.2, -0.15) is 0 Å². The molecule has 0 unspecified atom stereocenters. The van der Waals surface area contributed by atoms with Crippen LogP contribution in [0.4, 0.5) is 27.4 Å². The van der Waals surface area contributed by atoms with E-state index in [1.54, 1.807) is 30.3 Å². The Morgan fingerprint density at radius 3 is 2.34 bits per heavy atom. The highest BCUT2D eigenvalue weighted by Crippen LogP contribution is 2.21. The van der Waals surface area contributed by atoms with E-state index in [4.69, 9.17) is 0 Å². The summed E-state index contributed by atoms with van der Waals surface area (Å²) in [5.74, 6) is 1.28. The van der Waals surface area contributed by atoms with Gasteiger partial charge < -0.3 is 10.2 Å². The lowest BCUT2D eigenvalue weighted by atomic mass is 10.2. The van der Waals surface area contributed by atoms with Crippen LogP contribution in [-0.4, -0.2) is 32.5 Å². The first-order valence-electron chi connectivity index (χ1n) is 8.85. The number of anilines is 4. The van der Waals surface area contributed by atoms with Gasteiger partial charge in [0.15, 0.2) is 0 Å². The number of aromatic nitrogens is 2. The average molecular weight is 415 g/mol. The molecule has 0 saturated carbocycles. The number of nitrogens with zero attached hydrogens (tertiary/aromatic N) is 3. The number of nitrogens with one attached hydrogen (secondary N) is 2. The minimum absolute atomic E-state index is 0.307. The van der Waals surface area contributed by atoms with Crippen LogP contribution < -0.4 is 14.9 Å². The molecular formula is C20H22FN5O2S. The molecule has 152 valence electrons. The molecule has 0 saturated heterocycles. The van der Waals surface area contributed by atoms with E-state index in [-0.39, 0.29) is 5.75 Å². The third-order valence-electron chi connectivity index (χ3n) is 3.96. The molecule has 0 atom stereocenters. The molecule has 0 fully saturated rings. The molecule has 0 aliphatic rings. The van der Waals surface area contributed by atoms with Gasteiger partial charge in [-0.1, -0.05) is 12.1 Å². The Labute approximate surface area is 169 Å². The molecule has 2 aromatic carbocycles. The molecule has 1 aromatic heterocycles. The molecule has 3 rings (SSSR count). The Balaban J connectivity index is 1.69. The minimum Gasteiger partial charge on any atom is -0.363 e. The van der Waals surface area contributed by atoms with Crippen molar-refractivity contribution >= 4 is 33.0 Å². The van der Waals surface area contributed by atoms with Gasteiger partial charge in [0, 0.05) is 31.5 Å². The quantitative estimate of drug-likeness (QED) is 0.612. The molecule has 0 radical (unpaired) electrons. The third-order valence-corrected chi connectivity index (χ3v) is 5.22. The summed E-state index contributed by atoms with van der Waals surface area (Å²) >= 11 is 0. The third kappa shape index (κ3) is 5.89. The molecule has 9 heteroatoms. The largest absolute Gasteiger partial charge is 0.363 e. The zero-order valence-corrected chi connectivity index (χ0v) is 17.2. The molecule has 2 N–H and O–H groups in total. The number of sulfonamides is 1. The van der Waals surface area contributed by atoms with Crippen LogP contribution in [0.3, 0.4) is 0 Å². The Kier molecular flexibility index (Phi) is 5.97. The molecule has 29 heavy (non-hydrogen) atoms. The van der Waals surface area contributed by atoms with Gasteiger partial charge in [0.25, 0.3) is 0 Å². The van der Waals surface area contributed by atoms with Gasteiger partial charge in [-0.15, -0.1) is 0 Å². The van der Waals surface area contributed by atoms with E-state index in [0.29, 0.717) is 22.9 Å². The molecule has 7 nitrogen and oxygen atoms in total. The molecule has 1 heterocycles. The van der Waals surface area contributed by atoms with Crippen molar-refractivity contribution in [2.24, 2.45) is 0 Å². The second-order valence-electron chi connectivity index (χ2n) is 6.75. The molecular weight excluding hydrogens is 393 g/mol. The van der Waals surface area contributed by atoms with Crippen LogP contribution in [0, 0.1) is 12.7 Å². The maximum atomic E-state index is 13.3. The lowest BCUT2D eigenvalue weighted by molar-refractivity contribution is 0.599. The first-order chi connectivity index (χ1) is 13.7. The van der Waals surface area contributed by atoms with Gasteiger partial charge in [-0.3, -0.25) is 4.72 Å². The van der Waals surface area contributed by atoms with E-state index in [1.165, 1.54) is 18.2 Å². The van der Waals surface area contributed by atoms with Crippen LogP contribution in [0.5, 0.6) is 0 Å². The van der Waals surface area contributed by atoms with E-state index < -0.39 is 15.8 Å². The summed E-state index contributed by atoms with van der Waals surface area (Å²) in [7, 11) is 0.138. The van der Waals surface area contributed by atoms with Gasteiger partial charge in [0.2, 0.25) is 10.0 Å². The van der Waals surface area contributed by atoms with E-state index in [1.807, 2.05) is 32.0 Å². The van der Waals surface area contributed by atoms with E-state index in [9.17, 15) is 12.8 Å². The van der Waals surface area contributed by atoms with E-state index >= 15 is 0 Å². The highest BCUT2D eigenvalue weighted by atomic mass is 32.2. The van der Waals surface area contributed by atoms with Crippen LogP contribution in [0.2, 0.25) is 0 Å². The number of hydrogen-bond donors (Lipinski definition) is 2. The summed E-state index contributed by atoms with van der Waals surface area (Å²) in [6, 6.07) is 14.1. The molecule has 0 aliphatic carbocycles. The number of rotatable bonds is 7. The van der Waals surface area contributed by atoms with Crippen molar-refractivity contribution in [1.82, 2.24) is 9.97 Å². The van der Waals surface area contributed by atoms with Crippen molar-refractivity contribution in [3.63, 3.8) is 0 Å². The van der Waals surface area contributed by atoms with Gasteiger partial charge in [-0.25, -0.2) is 22.8 Å². The fraction of sp³-hybridized carbons (Fsp3) is 0.200. The predicted molar refractivity (Wildman–Crippen MR) is 113 cm³/mol. The lowest BCUT2D eigenvalue weighted by Crippen LogP contribution is -2.15. The van der Waals surface area contributed by atoms with E-state index in [2.05, 4.69) is 20.0 Å². The van der Waals surface area contributed by atoms with Crippen molar-refractivity contribution in [1.29, 1.82) is 0 Å². The zero-order chi connectivity index (χ0) is 21.0. The smallest absolute Gasteiger partial charge is 0.236 e. The van der Waals surface area contributed by atoms with E-state index in [0.717, 1.165) is 11.5 Å². The summed E-state index contributed by atoms with van der Waals surface area (Å²) < 4.78 is 40.4. The average Bonchev–Trinajstić information content (AvgIpc) is 2.62. The number of benzene rings is 2. The highest BCUT2D eigenvalue weighted by Gasteiger charge is 2.12. The Morgan fingerprint density at radius 1 is 1.00 bits per heavy atom. The Morgan fingerprint density at radius 2 is 1.69 bits per heavy atom. The predicted octanol–water partition coefficient (Wildman–Crippen LogP) is 3.68.